The molecule has 2 heterocycles. The van der Waals surface area contributed by atoms with Crippen LogP contribution in [0.25, 0.3) is 0 Å². The Morgan fingerprint density at radius 1 is 1.16 bits per heavy atom. The maximum atomic E-state index is 14.2. The number of allylic oxidation sites excluding steroid dienone is 5. The normalized spacial score (nSPS) is 27.3. The van der Waals surface area contributed by atoms with E-state index in [-0.39, 0.29) is 17.7 Å². The molecule has 2 aliphatic carbocycles. The molecule has 9 heteroatoms. The molecule has 0 saturated heterocycles. The lowest BCUT2D eigenvalue weighted by Gasteiger charge is -2.36. The molecule has 6 nitrogen and oxygen atoms in total. The molecule has 1 aliphatic heterocycles. The Kier molecular flexibility index (Phi) is 10.3. The quantitative estimate of drug-likeness (QED) is 0.213. The van der Waals surface area contributed by atoms with Gasteiger partial charge in [-0.1, -0.05) is 70.6 Å². The fraction of sp³-hybridized carbons (Fsp3) is 0.588. The molecule has 0 amide bonds. The summed E-state index contributed by atoms with van der Waals surface area (Å²) < 4.78 is 48.1. The first-order chi connectivity index (χ1) is 20.3. The molecule has 4 rings (SSSR count). The minimum absolute atomic E-state index is 0.0852. The highest BCUT2D eigenvalue weighted by molar-refractivity contribution is 5.98. The maximum absolute atomic E-state index is 14.2. The van der Waals surface area contributed by atoms with Crippen LogP contribution in [0.5, 0.6) is 0 Å². The van der Waals surface area contributed by atoms with Gasteiger partial charge in [0.05, 0.1) is 17.5 Å². The number of aromatic nitrogens is 1. The van der Waals surface area contributed by atoms with Crippen LogP contribution in [0.15, 0.2) is 70.9 Å². The van der Waals surface area contributed by atoms with E-state index in [0.717, 1.165) is 50.3 Å². The van der Waals surface area contributed by atoms with Gasteiger partial charge in [0.15, 0.2) is 17.9 Å². The fourth-order valence-corrected chi connectivity index (χ4v) is 6.24. The number of halogens is 3. The average Bonchev–Trinajstić information content (AvgIpc) is 3.36. The van der Waals surface area contributed by atoms with Crippen LogP contribution in [0.2, 0.25) is 0 Å². The zero-order chi connectivity index (χ0) is 31.4. The van der Waals surface area contributed by atoms with Crippen LogP contribution in [0.4, 0.5) is 18.9 Å². The summed E-state index contributed by atoms with van der Waals surface area (Å²) in [4.78, 5) is 8.47. The SMILES string of the molecule is CCCC(O)(CCC(C)C(C)c1ccc(NC(O)C2OC(C3=CCCC=C3)=NC2(C)C(F)(F)F)cn1)C1=CC=CCC1C. The Morgan fingerprint density at radius 3 is 2.53 bits per heavy atom. The van der Waals surface area contributed by atoms with E-state index >= 15 is 0 Å². The molecule has 0 saturated carbocycles. The second-order valence-electron chi connectivity index (χ2n) is 12.6. The third kappa shape index (κ3) is 7.26. The van der Waals surface area contributed by atoms with Gasteiger partial charge in [0.2, 0.25) is 5.90 Å². The van der Waals surface area contributed by atoms with Crippen molar-refractivity contribution in [1.29, 1.82) is 0 Å². The smallest absolute Gasteiger partial charge is 0.417 e. The molecule has 0 spiro atoms. The highest BCUT2D eigenvalue weighted by Crippen LogP contribution is 2.44. The predicted octanol–water partition coefficient (Wildman–Crippen LogP) is 7.78. The molecule has 0 fully saturated rings. The zero-order valence-corrected chi connectivity index (χ0v) is 25.9. The highest BCUT2D eigenvalue weighted by atomic mass is 19.4. The monoisotopic (exact) mass is 601 g/mol. The molecular formula is C34H46F3N3O3. The van der Waals surface area contributed by atoms with Gasteiger partial charge in [0, 0.05) is 17.2 Å². The number of hydrogen-bond donors (Lipinski definition) is 3. The van der Waals surface area contributed by atoms with Gasteiger partial charge >= 0.3 is 6.18 Å². The van der Waals surface area contributed by atoms with Crippen LogP contribution in [-0.2, 0) is 4.74 Å². The second kappa shape index (κ2) is 13.4. The van der Waals surface area contributed by atoms with Crippen molar-refractivity contribution in [2.45, 2.75) is 115 Å². The lowest BCUT2D eigenvalue weighted by Crippen LogP contribution is -2.55. The number of anilines is 1. The summed E-state index contributed by atoms with van der Waals surface area (Å²) >= 11 is 0. The summed E-state index contributed by atoms with van der Waals surface area (Å²) in [6.07, 6.45) is 10.5. The lowest BCUT2D eigenvalue weighted by atomic mass is 9.74. The van der Waals surface area contributed by atoms with Crippen molar-refractivity contribution in [2.75, 3.05) is 5.32 Å². The topological polar surface area (TPSA) is 87.0 Å². The van der Waals surface area contributed by atoms with Gasteiger partial charge < -0.3 is 20.3 Å². The van der Waals surface area contributed by atoms with Crippen molar-refractivity contribution >= 4 is 11.6 Å². The standard InChI is InChI=1S/C34H46F3N3O3/c1-6-19-33(42,27-15-11-10-12-23(27)3)20-18-22(2)24(4)28-17-16-26(21-38-28)39-30(41)29-32(5,34(35,36)37)40-31(43-29)25-13-8-7-9-14-25/h8,10-11,13-17,21-24,29-30,39,41-42H,6-7,9,12,18-20H2,1-5H3. The summed E-state index contributed by atoms with van der Waals surface area (Å²) in [5.41, 5.74) is -0.650. The molecule has 7 atom stereocenters. The summed E-state index contributed by atoms with van der Waals surface area (Å²) in [7, 11) is 0. The number of aliphatic hydroxyl groups is 2. The molecule has 0 bridgehead atoms. The van der Waals surface area contributed by atoms with E-state index in [9.17, 15) is 23.4 Å². The van der Waals surface area contributed by atoms with Crippen molar-refractivity contribution < 1.29 is 28.1 Å². The molecular weight excluding hydrogens is 555 g/mol. The Balaban J connectivity index is 1.40. The van der Waals surface area contributed by atoms with Crippen LogP contribution in [-0.4, -0.2) is 50.7 Å². The minimum Gasteiger partial charge on any atom is -0.466 e. The van der Waals surface area contributed by atoms with E-state index in [1.165, 1.54) is 6.20 Å². The fourth-order valence-electron chi connectivity index (χ4n) is 6.24. The van der Waals surface area contributed by atoms with Crippen molar-refractivity contribution in [1.82, 2.24) is 4.98 Å². The summed E-state index contributed by atoms with van der Waals surface area (Å²) in [5, 5.41) is 25.3. The molecule has 43 heavy (non-hydrogen) atoms. The number of ether oxygens (including phenoxy) is 1. The first kappa shape index (κ1) is 33.0. The number of pyridine rings is 1. The van der Waals surface area contributed by atoms with E-state index in [0.29, 0.717) is 30.0 Å². The number of nitrogens with one attached hydrogen (secondary N) is 1. The van der Waals surface area contributed by atoms with Crippen molar-refractivity contribution in [2.24, 2.45) is 16.8 Å². The predicted molar refractivity (Wildman–Crippen MR) is 165 cm³/mol. The maximum Gasteiger partial charge on any atom is 0.417 e. The van der Waals surface area contributed by atoms with Gasteiger partial charge in [-0.25, -0.2) is 4.99 Å². The number of aliphatic hydroxyl groups excluding tert-OH is 1. The molecule has 0 radical (unpaired) electrons. The van der Waals surface area contributed by atoms with E-state index in [1.807, 2.05) is 18.2 Å². The average molecular weight is 602 g/mol. The first-order valence-electron chi connectivity index (χ1n) is 15.5. The Bertz CT molecular complexity index is 1270. The number of hydrogen-bond acceptors (Lipinski definition) is 6. The minimum atomic E-state index is -4.74. The van der Waals surface area contributed by atoms with Gasteiger partial charge in [-0.3, -0.25) is 4.98 Å². The summed E-state index contributed by atoms with van der Waals surface area (Å²) in [6.45, 7) is 9.44. The van der Waals surface area contributed by atoms with Gasteiger partial charge in [-0.15, -0.1) is 0 Å². The zero-order valence-electron chi connectivity index (χ0n) is 25.9. The van der Waals surface area contributed by atoms with Gasteiger partial charge in [0.1, 0.15) is 0 Å². The second-order valence-corrected chi connectivity index (χ2v) is 12.6. The number of rotatable bonds is 12. The van der Waals surface area contributed by atoms with E-state index in [1.54, 1.807) is 18.2 Å². The van der Waals surface area contributed by atoms with Gasteiger partial charge in [0.25, 0.3) is 0 Å². The van der Waals surface area contributed by atoms with Gasteiger partial charge in [-0.2, -0.15) is 13.2 Å². The van der Waals surface area contributed by atoms with Crippen LogP contribution < -0.4 is 5.32 Å². The number of alkyl halides is 3. The molecule has 1 aromatic rings. The van der Waals surface area contributed by atoms with Crippen LogP contribution in [0.1, 0.15) is 91.2 Å². The van der Waals surface area contributed by atoms with E-state index < -0.39 is 29.6 Å². The Morgan fingerprint density at radius 2 is 1.93 bits per heavy atom. The summed E-state index contributed by atoms with van der Waals surface area (Å²) in [5.74, 6) is 0.513. The van der Waals surface area contributed by atoms with Crippen LogP contribution in [0, 0.1) is 11.8 Å². The Hall–Kier alpha value is -2.91. The molecule has 236 valence electrons. The molecule has 0 aromatic carbocycles. The van der Waals surface area contributed by atoms with Crippen LogP contribution in [0.3, 0.4) is 0 Å². The van der Waals surface area contributed by atoms with Gasteiger partial charge in [-0.05, 0) is 75.0 Å². The van der Waals surface area contributed by atoms with Crippen molar-refractivity contribution in [3.05, 3.63) is 71.6 Å². The number of aliphatic imine (C=N–C) groups is 1. The van der Waals surface area contributed by atoms with E-state index in [2.05, 4.69) is 55.1 Å². The third-order valence-electron chi connectivity index (χ3n) is 9.30. The van der Waals surface area contributed by atoms with E-state index in [4.69, 9.17) is 4.74 Å². The van der Waals surface area contributed by atoms with Crippen molar-refractivity contribution in [3.8, 4) is 0 Å². The van der Waals surface area contributed by atoms with Crippen LogP contribution >= 0.6 is 0 Å². The number of nitrogens with zero attached hydrogens (tertiary/aromatic N) is 2. The molecule has 7 unspecified atom stereocenters. The largest absolute Gasteiger partial charge is 0.466 e. The summed E-state index contributed by atoms with van der Waals surface area (Å²) in [6, 6.07) is 3.53. The highest BCUT2D eigenvalue weighted by Gasteiger charge is 2.63. The lowest BCUT2D eigenvalue weighted by molar-refractivity contribution is -0.205. The molecule has 1 aromatic heterocycles. The Labute approximate surface area is 253 Å². The first-order valence-corrected chi connectivity index (χ1v) is 15.5. The van der Waals surface area contributed by atoms with Crippen molar-refractivity contribution in [3.63, 3.8) is 0 Å². The molecule has 3 aliphatic rings. The third-order valence-corrected chi connectivity index (χ3v) is 9.30. The molecule has 3 N–H and O–H groups in total.